The first-order valence-corrected chi connectivity index (χ1v) is 7.51. The van der Waals surface area contributed by atoms with E-state index < -0.39 is 6.04 Å². The van der Waals surface area contributed by atoms with Crippen molar-refractivity contribution in [3.63, 3.8) is 0 Å². The van der Waals surface area contributed by atoms with Crippen LogP contribution in [0.3, 0.4) is 0 Å². The predicted octanol–water partition coefficient (Wildman–Crippen LogP) is 3.15. The molecule has 0 radical (unpaired) electrons. The van der Waals surface area contributed by atoms with Crippen molar-refractivity contribution in [2.75, 3.05) is 32.0 Å². The summed E-state index contributed by atoms with van der Waals surface area (Å²) in [4.78, 5) is 12.4. The zero-order valence-electron chi connectivity index (χ0n) is 14.3. The minimum absolute atomic E-state index is 0.183. The molecule has 0 aliphatic carbocycles. The summed E-state index contributed by atoms with van der Waals surface area (Å²) in [5.41, 5.74) is 1.33. The number of amides is 1. The van der Waals surface area contributed by atoms with Crippen molar-refractivity contribution < 1.29 is 19.0 Å². The van der Waals surface area contributed by atoms with E-state index >= 15 is 0 Å². The SMILES string of the molecule is COc1ccc(N[C@@H](C)C(=O)Nc2ccccc2OC)c(OC)c1. The topological polar surface area (TPSA) is 68.8 Å². The molecule has 24 heavy (non-hydrogen) atoms. The Bertz CT molecular complexity index is 703. The van der Waals surface area contributed by atoms with E-state index in [1.54, 1.807) is 52.5 Å². The smallest absolute Gasteiger partial charge is 0.246 e. The normalized spacial score (nSPS) is 11.3. The van der Waals surface area contributed by atoms with Gasteiger partial charge in [-0.1, -0.05) is 12.1 Å². The average Bonchev–Trinajstić information content (AvgIpc) is 2.62. The minimum atomic E-state index is -0.475. The number of carbonyl (C=O) groups excluding carboxylic acids is 1. The molecule has 2 aromatic rings. The maximum atomic E-state index is 12.4. The van der Waals surface area contributed by atoms with Gasteiger partial charge in [-0.05, 0) is 31.2 Å². The molecule has 1 atom stereocenters. The summed E-state index contributed by atoms with van der Waals surface area (Å²) in [5.74, 6) is 1.72. The van der Waals surface area contributed by atoms with Gasteiger partial charge in [0.05, 0.1) is 32.7 Å². The Morgan fingerprint density at radius 3 is 2.29 bits per heavy atom. The maximum absolute atomic E-state index is 12.4. The quantitative estimate of drug-likeness (QED) is 0.816. The fraction of sp³-hybridized carbons (Fsp3) is 0.278. The van der Waals surface area contributed by atoms with Gasteiger partial charge in [0.2, 0.25) is 5.91 Å². The molecule has 128 valence electrons. The van der Waals surface area contributed by atoms with Gasteiger partial charge in [0.1, 0.15) is 23.3 Å². The first kappa shape index (κ1) is 17.5. The van der Waals surface area contributed by atoms with Gasteiger partial charge in [-0.2, -0.15) is 0 Å². The van der Waals surface area contributed by atoms with Crippen LogP contribution in [0.25, 0.3) is 0 Å². The number of methoxy groups -OCH3 is 3. The predicted molar refractivity (Wildman–Crippen MR) is 94.3 cm³/mol. The third-order valence-corrected chi connectivity index (χ3v) is 3.54. The molecule has 0 unspecified atom stereocenters. The first-order valence-electron chi connectivity index (χ1n) is 7.51. The van der Waals surface area contributed by atoms with Crippen molar-refractivity contribution in [2.45, 2.75) is 13.0 Å². The van der Waals surface area contributed by atoms with E-state index in [9.17, 15) is 4.79 Å². The molecule has 0 saturated carbocycles. The van der Waals surface area contributed by atoms with E-state index in [0.29, 0.717) is 28.6 Å². The Labute approximate surface area is 141 Å². The van der Waals surface area contributed by atoms with Crippen LogP contribution in [0.4, 0.5) is 11.4 Å². The first-order chi connectivity index (χ1) is 11.6. The molecule has 0 heterocycles. The van der Waals surface area contributed by atoms with Gasteiger partial charge in [-0.25, -0.2) is 0 Å². The summed E-state index contributed by atoms with van der Waals surface area (Å²) in [6.45, 7) is 1.77. The van der Waals surface area contributed by atoms with Crippen LogP contribution in [0.15, 0.2) is 42.5 Å². The molecule has 0 saturated heterocycles. The molecule has 1 amide bonds. The lowest BCUT2D eigenvalue weighted by atomic mass is 10.2. The second-order valence-electron chi connectivity index (χ2n) is 5.12. The molecule has 6 heteroatoms. The van der Waals surface area contributed by atoms with Gasteiger partial charge in [0, 0.05) is 6.07 Å². The molecule has 0 aromatic heterocycles. The third kappa shape index (κ3) is 4.10. The molecule has 0 aliphatic heterocycles. The summed E-state index contributed by atoms with van der Waals surface area (Å²) < 4.78 is 15.7. The van der Waals surface area contributed by atoms with Gasteiger partial charge in [-0.15, -0.1) is 0 Å². The standard InChI is InChI=1S/C18H22N2O4/c1-12(18(21)20-14-7-5-6-8-16(14)23-3)19-15-10-9-13(22-2)11-17(15)24-4/h5-12,19H,1-4H3,(H,20,21)/t12-/m0/s1. The van der Waals surface area contributed by atoms with Crippen LogP contribution in [-0.2, 0) is 4.79 Å². The Morgan fingerprint density at radius 1 is 0.917 bits per heavy atom. The number of hydrogen-bond donors (Lipinski definition) is 2. The highest BCUT2D eigenvalue weighted by molar-refractivity contribution is 5.97. The Balaban J connectivity index is 2.09. The van der Waals surface area contributed by atoms with Crippen LogP contribution >= 0.6 is 0 Å². The molecule has 2 rings (SSSR count). The molecule has 2 aromatic carbocycles. The van der Waals surface area contributed by atoms with Gasteiger partial charge in [0.25, 0.3) is 0 Å². The fourth-order valence-corrected chi connectivity index (χ4v) is 2.21. The van der Waals surface area contributed by atoms with Crippen molar-refractivity contribution in [3.8, 4) is 17.2 Å². The molecule has 0 bridgehead atoms. The van der Waals surface area contributed by atoms with Gasteiger partial charge >= 0.3 is 0 Å². The molecule has 2 N–H and O–H groups in total. The molecular formula is C18H22N2O4. The zero-order chi connectivity index (χ0) is 17.5. The third-order valence-electron chi connectivity index (χ3n) is 3.54. The number of benzene rings is 2. The van der Waals surface area contributed by atoms with Crippen LogP contribution in [0.2, 0.25) is 0 Å². The number of para-hydroxylation sites is 2. The van der Waals surface area contributed by atoms with Crippen molar-refractivity contribution in [1.82, 2.24) is 0 Å². The highest BCUT2D eigenvalue weighted by Gasteiger charge is 2.16. The van der Waals surface area contributed by atoms with Gasteiger partial charge in [0.15, 0.2) is 0 Å². The lowest BCUT2D eigenvalue weighted by Gasteiger charge is -2.18. The zero-order valence-corrected chi connectivity index (χ0v) is 14.3. The summed E-state index contributed by atoms with van der Waals surface area (Å²) >= 11 is 0. The van der Waals surface area contributed by atoms with E-state index in [4.69, 9.17) is 14.2 Å². The highest BCUT2D eigenvalue weighted by atomic mass is 16.5. The molecule has 0 fully saturated rings. The number of ether oxygens (including phenoxy) is 3. The lowest BCUT2D eigenvalue weighted by Crippen LogP contribution is -2.32. The number of hydrogen-bond acceptors (Lipinski definition) is 5. The summed E-state index contributed by atoms with van der Waals surface area (Å²) in [7, 11) is 4.72. The van der Waals surface area contributed by atoms with Crippen LogP contribution < -0.4 is 24.8 Å². The Morgan fingerprint density at radius 2 is 1.62 bits per heavy atom. The molecule has 0 spiro atoms. The number of anilines is 2. The van der Waals surface area contributed by atoms with Gasteiger partial charge in [-0.3, -0.25) is 4.79 Å². The van der Waals surface area contributed by atoms with E-state index in [-0.39, 0.29) is 5.91 Å². The largest absolute Gasteiger partial charge is 0.497 e. The summed E-state index contributed by atoms with van der Waals surface area (Å²) in [6, 6.07) is 12.2. The second kappa shape index (κ2) is 8.10. The monoisotopic (exact) mass is 330 g/mol. The number of nitrogens with one attached hydrogen (secondary N) is 2. The van der Waals surface area contributed by atoms with Crippen molar-refractivity contribution in [2.24, 2.45) is 0 Å². The maximum Gasteiger partial charge on any atom is 0.246 e. The average molecular weight is 330 g/mol. The second-order valence-corrected chi connectivity index (χ2v) is 5.12. The van der Waals surface area contributed by atoms with Crippen molar-refractivity contribution >= 4 is 17.3 Å². The molecule has 6 nitrogen and oxygen atoms in total. The molecule has 0 aliphatic rings. The van der Waals surface area contributed by atoms with E-state index in [0.717, 1.165) is 0 Å². The Kier molecular flexibility index (Phi) is 5.89. The van der Waals surface area contributed by atoms with Crippen LogP contribution in [0, 0.1) is 0 Å². The van der Waals surface area contributed by atoms with Crippen LogP contribution in [0.5, 0.6) is 17.2 Å². The minimum Gasteiger partial charge on any atom is -0.497 e. The Hall–Kier alpha value is -2.89. The summed E-state index contributed by atoms with van der Waals surface area (Å²) in [6.07, 6.45) is 0. The number of carbonyl (C=O) groups is 1. The van der Waals surface area contributed by atoms with E-state index in [1.165, 1.54) is 0 Å². The van der Waals surface area contributed by atoms with E-state index in [2.05, 4.69) is 10.6 Å². The lowest BCUT2D eigenvalue weighted by molar-refractivity contribution is -0.116. The van der Waals surface area contributed by atoms with Crippen LogP contribution in [0.1, 0.15) is 6.92 Å². The molecular weight excluding hydrogens is 308 g/mol. The van der Waals surface area contributed by atoms with Gasteiger partial charge < -0.3 is 24.8 Å². The fourth-order valence-electron chi connectivity index (χ4n) is 2.21. The number of rotatable bonds is 7. The summed E-state index contributed by atoms with van der Waals surface area (Å²) in [5, 5.41) is 5.99. The van der Waals surface area contributed by atoms with Crippen LogP contribution in [-0.4, -0.2) is 33.3 Å². The van der Waals surface area contributed by atoms with Crippen molar-refractivity contribution in [3.05, 3.63) is 42.5 Å². The highest BCUT2D eigenvalue weighted by Crippen LogP contribution is 2.30. The van der Waals surface area contributed by atoms with Crippen molar-refractivity contribution in [1.29, 1.82) is 0 Å². The van der Waals surface area contributed by atoms with E-state index in [1.807, 2.05) is 18.2 Å².